The molecule has 0 fully saturated rings. The van der Waals surface area contributed by atoms with Gasteiger partial charge in [-0.1, -0.05) is 6.92 Å². The number of halogens is 2. The predicted molar refractivity (Wildman–Crippen MR) is 99.0 cm³/mol. The molecule has 0 amide bonds. The first-order valence-electron chi connectivity index (χ1n) is 8.44. The lowest BCUT2D eigenvalue weighted by Gasteiger charge is -2.13. The van der Waals surface area contributed by atoms with E-state index < -0.39 is 6.43 Å². The molecule has 0 aliphatic heterocycles. The molecular formula is C18H19F2N7. The van der Waals surface area contributed by atoms with Crippen molar-refractivity contribution < 1.29 is 8.78 Å². The summed E-state index contributed by atoms with van der Waals surface area (Å²) in [6, 6.07) is 5.77. The van der Waals surface area contributed by atoms with E-state index in [1.54, 1.807) is 19.2 Å². The zero-order chi connectivity index (χ0) is 19.4. The molecule has 0 bridgehead atoms. The molecule has 9 heteroatoms. The number of anilines is 3. The van der Waals surface area contributed by atoms with Crippen molar-refractivity contribution in [3.05, 3.63) is 36.3 Å². The zero-order valence-electron chi connectivity index (χ0n) is 14.9. The molecule has 2 N–H and O–H groups in total. The van der Waals surface area contributed by atoms with E-state index in [9.17, 15) is 14.0 Å². The standard InChI is InChI=1S/C18H19F2N7/c1-11(7-15(19)20)9-23-18-24-10-12(8-21)16(26-18)25-14-3-5-22-17-13(14)4-6-27(17)2/h3-6,10-11,15H,7,9H2,1-2H3,(H2,22,23,24,25,26)/t11-/m0/s1. The molecule has 3 rings (SSSR count). The van der Waals surface area contributed by atoms with Gasteiger partial charge in [-0.25, -0.2) is 18.7 Å². The van der Waals surface area contributed by atoms with Gasteiger partial charge in [0.2, 0.25) is 12.4 Å². The lowest BCUT2D eigenvalue weighted by molar-refractivity contribution is 0.120. The van der Waals surface area contributed by atoms with Crippen LogP contribution in [-0.2, 0) is 7.05 Å². The second kappa shape index (κ2) is 7.95. The number of rotatable bonds is 7. The number of hydrogen-bond acceptors (Lipinski definition) is 6. The summed E-state index contributed by atoms with van der Waals surface area (Å²) in [5.41, 5.74) is 1.83. The Morgan fingerprint density at radius 3 is 2.85 bits per heavy atom. The molecule has 0 aliphatic rings. The molecule has 0 radical (unpaired) electrons. The number of fused-ring (bicyclic) bond motifs is 1. The number of nitriles is 1. The quantitative estimate of drug-likeness (QED) is 0.658. The van der Waals surface area contributed by atoms with Crippen LogP contribution in [0.25, 0.3) is 11.0 Å². The van der Waals surface area contributed by atoms with Crippen LogP contribution in [0.1, 0.15) is 18.9 Å². The Kier molecular flexibility index (Phi) is 5.45. The highest BCUT2D eigenvalue weighted by Gasteiger charge is 2.13. The van der Waals surface area contributed by atoms with Gasteiger partial charge < -0.3 is 15.2 Å². The van der Waals surface area contributed by atoms with Crippen molar-refractivity contribution in [1.82, 2.24) is 19.5 Å². The topological polar surface area (TPSA) is 91.5 Å². The van der Waals surface area contributed by atoms with Crippen LogP contribution < -0.4 is 10.6 Å². The molecule has 7 nitrogen and oxygen atoms in total. The highest BCUT2D eigenvalue weighted by molar-refractivity contribution is 5.91. The number of hydrogen-bond donors (Lipinski definition) is 2. The highest BCUT2D eigenvalue weighted by Crippen LogP contribution is 2.26. The van der Waals surface area contributed by atoms with Gasteiger partial charge in [0, 0.05) is 37.8 Å². The van der Waals surface area contributed by atoms with Crippen LogP contribution in [0.15, 0.2) is 30.7 Å². The van der Waals surface area contributed by atoms with Gasteiger partial charge >= 0.3 is 0 Å². The van der Waals surface area contributed by atoms with Gasteiger partial charge in [-0.15, -0.1) is 0 Å². The average Bonchev–Trinajstić information content (AvgIpc) is 3.02. The Morgan fingerprint density at radius 1 is 1.30 bits per heavy atom. The normalized spacial score (nSPS) is 12.1. The summed E-state index contributed by atoms with van der Waals surface area (Å²) in [6.07, 6.45) is 2.42. The average molecular weight is 371 g/mol. The third-order valence-corrected chi connectivity index (χ3v) is 4.12. The van der Waals surface area contributed by atoms with E-state index >= 15 is 0 Å². The lowest BCUT2D eigenvalue weighted by atomic mass is 10.1. The van der Waals surface area contributed by atoms with E-state index in [0.717, 1.165) is 16.7 Å². The van der Waals surface area contributed by atoms with Crippen LogP contribution in [0.4, 0.5) is 26.2 Å². The molecule has 140 valence electrons. The SMILES string of the molecule is C[C@H](CNc1ncc(C#N)c(Nc2ccnc3c2ccn3C)n1)CC(F)F. The van der Waals surface area contributed by atoms with Crippen LogP contribution in [0.5, 0.6) is 0 Å². The van der Waals surface area contributed by atoms with Crippen molar-refractivity contribution in [3.8, 4) is 6.07 Å². The van der Waals surface area contributed by atoms with E-state index in [1.807, 2.05) is 23.9 Å². The molecule has 1 atom stereocenters. The summed E-state index contributed by atoms with van der Waals surface area (Å²) in [7, 11) is 1.90. The Balaban J connectivity index is 1.82. The fourth-order valence-corrected chi connectivity index (χ4v) is 2.70. The maximum absolute atomic E-state index is 12.4. The summed E-state index contributed by atoms with van der Waals surface area (Å²) in [4.78, 5) is 12.7. The number of nitrogens with one attached hydrogen (secondary N) is 2. The molecule has 3 heterocycles. The Bertz CT molecular complexity index is 977. The van der Waals surface area contributed by atoms with Crippen molar-refractivity contribution in [2.24, 2.45) is 13.0 Å². The summed E-state index contributed by atoms with van der Waals surface area (Å²) >= 11 is 0. The summed E-state index contributed by atoms with van der Waals surface area (Å²) in [5, 5.41) is 16.3. The fraction of sp³-hybridized carbons (Fsp3) is 0.333. The number of aromatic nitrogens is 4. The van der Waals surface area contributed by atoms with Crippen molar-refractivity contribution >= 4 is 28.5 Å². The van der Waals surface area contributed by atoms with Crippen molar-refractivity contribution in [3.63, 3.8) is 0 Å². The molecule has 27 heavy (non-hydrogen) atoms. The highest BCUT2D eigenvalue weighted by atomic mass is 19.3. The summed E-state index contributed by atoms with van der Waals surface area (Å²) < 4.78 is 26.8. The minimum Gasteiger partial charge on any atom is -0.354 e. The molecule has 0 aliphatic carbocycles. The fourth-order valence-electron chi connectivity index (χ4n) is 2.70. The summed E-state index contributed by atoms with van der Waals surface area (Å²) in [5.74, 6) is 0.383. The van der Waals surface area contributed by atoms with Crippen LogP contribution >= 0.6 is 0 Å². The summed E-state index contributed by atoms with van der Waals surface area (Å²) in [6.45, 7) is 2.04. The smallest absolute Gasteiger partial charge is 0.239 e. The third kappa shape index (κ3) is 4.28. The van der Waals surface area contributed by atoms with Gasteiger partial charge in [0.15, 0.2) is 5.82 Å². The van der Waals surface area contributed by atoms with Crippen molar-refractivity contribution in [2.45, 2.75) is 19.8 Å². The van der Waals surface area contributed by atoms with Crippen LogP contribution in [0.3, 0.4) is 0 Å². The van der Waals surface area contributed by atoms with E-state index in [1.165, 1.54) is 6.20 Å². The predicted octanol–water partition coefficient (Wildman–Crippen LogP) is 3.68. The van der Waals surface area contributed by atoms with Crippen LogP contribution in [-0.4, -0.2) is 32.5 Å². The number of alkyl halides is 2. The molecule has 0 saturated heterocycles. The monoisotopic (exact) mass is 371 g/mol. The zero-order valence-corrected chi connectivity index (χ0v) is 14.9. The minimum atomic E-state index is -2.35. The second-order valence-electron chi connectivity index (χ2n) is 6.33. The van der Waals surface area contributed by atoms with Crippen molar-refractivity contribution in [1.29, 1.82) is 5.26 Å². The van der Waals surface area contributed by atoms with Crippen LogP contribution in [0, 0.1) is 17.2 Å². The van der Waals surface area contributed by atoms with E-state index in [2.05, 4.69) is 31.7 Å². The van der Waals surface area contributed by atoms with E-state index in [-0.39, 0.29) is 23.9 Å². The molecule has 0 spiro atoms. The third-order valence-electron chi connectivity index (χ3n) is 4.12. The molecule has 0 unspecified atom stereocenters. The Labute approximate surface area is 155 Å². The molecule has 0 saturated carbocycles. The van der Waals surface area contributed by atoms with Gasteiger partial charge in [-0.3, -0.25) is 0 Å². The largest absolute Gasteiger partial charge is 0.354 e. The van der Waals surface area contributed by atoms with Crippen LogP contribution in [0.2, 0.25) is 0 Å². The van der Waals surface area contributed by atoms with Crippen molar-refractivity contribution in [2.75, 3.05) is 17.2 Å². The maximum atomic E-state index is 12.4. The maximum Gasteiger partial charge on any atom is 0.239 e. The van der Waals surface area contributed by atoms with Gasteiger partial charge in [0.05, 0.1) is 11.9 Å². The first-order valence-corrected chi connectivity index (χ1v) is 8.44. The Morgan fingerprint density at radius 2 is 2.11 bits per heavy atom. The van der Waals surface area contributed by atoms with E-state index in [0.29, 0.717) is 12.4 Å². The minimum absolute atomic E-state index is 0.197. The Hall–Kier alpha value is -3.28. The van der Waals surface area contributed by atoms with Gasteiger partial charge in [0.25, 0.3) is 0 Å². The molecule has 0 aromatic carbocycles. The second-order valence-corrected chi connectivity index (χ2v) is 6.33. The number of pyridine rings is 1. The lowest BCUT2D eigenvalue weighted by Crippen LogP contribution is -2.16. The number of aryl methyl sites for hydroxylation is 1. The molecule has 3 aromatic heterocycles. The molecular weight excluding hydrogens is 352 g/mol. The molecule has 3 aromatic rings. The first kappa shape index (κ1) is 18.5. The van der Waals surface area contributed by atoms with Gasteiger partial charge in [0.1, 0.15) is 17.3 Å². The van der Waals surface area contributed by atoms with E-state index in [4.69, 9.17) is 0 Å². The first-order chi connectivity index (χ1) is 13.0. The van der Waals surface area contributed by atoms with Gasteiger partial charge in [-0.2, -0.15) is 10.2 Å². The van der Waals surface area contributed by atoms with Gasteiger partial charge in [-0.05, 0) is 18.1 Å². The number of nitrogens with zero attached hydrogens (tertiary/aromatic N) is 5.